The van der Waals surface area contributed by atoms with Crippen molar-refractivity contribution in [2.75, 3.05) is 13.2 Å². The predicted octanol–water partition coefficient (Wildman–Crippen LogP) is 1.36. The van der Waals surface area contributed by atoms with E-state index >= 15 is 0 Å². The van der Waals surface area contributed by atoms with E-state index in [0.717, 1.165) is 12.0 Å². The van der Waals surface area contributed by atoms with E-state index in [2.05, 4.69) is 10.4 Å². The third kappa shape index (κ3) is 6.20. The average Bonchev–Trinajstić information content (AvgIpc) is 2.71. The van der Waals surface area contributed by atoms with Crippen molar-refractivity contribution in [1.29, 1.82) is 0 Å². The summed E-state index contributed by atoms with van der Waals surface area (Å²) in [5.41, 5.74) is 0.913. The number of carbonyl (C=O) groups is 1. The molecule has 5 nitrogen and oxygen atoms in total. The summed E-state index contributed by atoms with van der Waals surface area (Å²) in [7, 11) is 1.84. The van der Waals surface area contributed by atoms with Gasteiger partial charge in [-0.05, 0) is 26.3 Å². The van der Waals surface area contributed by atoms with Gasteiger partial charge in [0.2, 0.25) is 5.91 Å². The summed E-state index contributed by atoms with van der Waals surface area (Å²) in [5.74, 6) is -0.0941. The summed E-state index contributed by atoms with van der Waals surface area (Å²) < 4.78 is 7.07. The summed E-state index contributed by atoms with van der Waals surface area (Å²) in [6.45, 7) is 5.29. The Morgan fingerprint density at radius 1 is 1.61 bits per heavy atom. The Labute approximate surface area is 108 Å². The molecule has 0 atom stereocenters. The first-order valence-corrected chi connectivity index (χ1v) is 6.14. The Morgan fingerprint density at radius 2 is 2.39 bits per heavy atom. The van der Waals surface area contributed by atoms with Crippen LogP contribution in [0.2, 0.25) is 0 Å². The lowest BCUT2D eigenvalue weighted by Gasteiger charge is -2.07. The highest BCUT2D eigenvalue weighted by Gasteiger charge is 1.97. The van der Waals surface area contributed by atoms with E-state index in [9.17, 15) is 4.79 Å². The predicted molar refractivity (Wildman–Crippen MR) is 71.0 cm³/mol. The Kier molecular flexibility index (Phi) is 6.14. The Hall–Kier alpha value is -1.62. The number of hydrogen-bond donors (Lipinski definition) is 1. The van der Waals surface area contributed by atoms with Gasteiger partial charge in [0.25, 0.3) is 0 Å². The first-order valence-electron chi connectivity index (χ1n) is 6.14. The van der Waals surface area contributed by atoms with Crippen LogP contribution in [0.25, 0.3) is 6.08 Å². The summed E-state index contributed by atoms with van der Waals surface area (Å²) in [6.07, 6.45) is 7.88. The Morgan fingerprint density at radius 3 is 3.00 bits per heavy atom. The number of nitrogens with one attached hydrogen (secondary N) is 1. The lowest BCUT2D eigenvalue weighted by Crippen LogP contribution is -2.23. The van der Waals surface area contributed by atoms with Crippen LogP contribution in [0.3, 0.4) is 0 Å². The van der Waals surface area contributed by atoms with Crippen LogP contribution in [0, 0.1) is 0 Å². The fourth-order valence-electron chi connectivity index (χ4n) is 1.36. The van der Waals surface area contributed by atoms with E-state index in [4.69, 9.17) is 4.74 Å². The molecule has 18 heavy (non-hydrogen) atoms. The topological polar surface area (TPSA) is 56.1 Å². The van der Waals surface area contributed by atoms with Gasteiger partial charge < -0.3 is 10.1 Å². The van der Waals surface area contributed by atoms with E-state index in [1.807, 2.05) is 27.1 Å². The van der Waals surface area contributed by atoms with Gasteiger partial charge >= 0.3 is 0 Å². The SMILES string of the molecule is CC(C)OCCCNC(=O)/C=C/c1cnn(C)c1. The van der Waals surface area contributed by atoms with Gasteiger partial charge in [-0.15, -0.1) is 0 Å². The van der Waals surface area contributed by atoms with Crippen LogP contribution >= 0.6 is 0 Å². The van der Waals surface area contributed by atoms with Crippen LogP contribution in [-0.2, 0) is 16.6 Å². The Balaban J connectivity index is 2.16. The summed E-state index contributed by atoms with van der Waals surface area (Å²) in [4.78, 5) is 11.5. The van der Waals surface area contributed by atoms with Gasteiger partial charge in [0.05, 0.1) is 12.3 Å². The molecule has 1 rings (SSSR count). The first-order chi connectivity index (χ1) is 8.58. The van der Waals surface area contributed by atoms with Crippen molar-refractivity contribution < 1.29 is 9.53 Å². The third-order valence-electron chi connectivity index (χ3n) is 2.22. The minimum absolute atomic E-state index is 0.0941. The van der Waals surface area contributed by atoms with Crippen molar-refractivity contribution in [1.82, 2.24) is 15.1 Å². The maximum absolute atomic E-state index is 11.5. The van der Waals surface area contributed by atoms with Gasteiger partial charge in [-0.25, -0.2) is 0 Å². The van der Waals surface area contributed by atoms with Gasteiger partial charge in [0, 0.05) is 38.0 Å². The van der Waals surface area contributed by atoms with Crippen molar-refractivity contribution in [2.45, 2.75) is 26.4 Å². The average molecular weight is 251 g/mol. The van der Waals surface area contributed by atoms with Crippen LogP contribution in [0.1, 0.15) is 25.8 Å². The normalized spacial score (nSPS) is 11.3. The molecule has 1 amide bonds. The quantitative estimate of drug-likeness (QED) is 0.588. The molecule has 0 bridgehead atoms. The summed E-state index contributed by atoms with van der Waals surface area (Å²) >= 11 is 0. The molecule has 1 N–H and O–H groups in total. The van der Waals surface area contributed by atoms with E-state index < -0.39 is 0 Å². The number of hydrogen-bond acceptors (Lipinski definition) is 3. The third-order valence-corrected chi connectivity index (χ3v) is 2.22. The maximum atomic E-state index is 11.5. The second-order valence-electron chi connectivity index (χ2n) is 4.34. The molecule has 0 aromatic carbocycles. The van der Waals surface area contributed by atoms with Crippen molar-refractivity contribution >= 4 is 12.0 Å². The number of rotatable bonds is 7. The molecule has 0 unspecified atom stereocenters. The molecule has 0 aliphatic heterocycles. The molecule has 0 fully saturated rings. The van der Waals surface area contributed by atoms with E-state index in [-0.39, 0.29) is 12.0 Å². The zero-order chi connectivity index (χ0) is 13.4. The van der Waals surface area contributed by atoms with Crippen molar-refractivity contribution in [3.63, 3.8) is 0 Å². The molecule has 1 aromatic rings. The largest absolute Gasteiger partial charge is 0.379 e. The monoisotopic (exact) mass is 251 g/mol. The summed E-state index contributed by atoms with van der Waals surface area (Å²) in [6, 6.07) is 0. The minimum atomic E-state index is -0.0941. The molecular formula is C13H21N3O2. The lowest BCUT2D eigenvalue weighted by molar-refractivity contribution is -0.116. The van der Waals surface area contributed by atoms with Crippen LogP contribution in [0.4, 0.5) is 0 Å². The minimum Gasteiger partial charge on any atom is -0.379 e. The van der Waals surface area contributed by atoms with Crippen LogP contribution < -0.4 is 5.32 Å². The number of ether oxygens (including phenoxy) is 1. The molecular weight excluding hydrogens is 230 g/mol. The number of carbonyl (C=O) groups excluding carboxylic acids is 1. The number of aromatic nitrogens is 2. The number of aryl methyl sites for hydroxylation is 1. The first kappa shape index (κ1) is 14.4. The van der Waals surface area contributed by atoms with Crippen molar-refractivity contribution in [3.05, 3.63) is 24.0 Å². The van der Waals surface area contributed by atoms with Gasteiger partial charge in [-0.1, -0.05) is 0 Å². The van der Waals surface area contributed by atoms with Crippen LogP contribution in [-0.4, -0.2) is 34.9 Å². The molecule has 100 valence electrons. The van der Waals surface area contributed by atoms with Crippen LogP contribution in [0.15, 0.2) is 18.5 Å². The highest BCUT2D eigenvalue weighted by atomic mass is 16.5. The second kappa shape index (κ2) is 7.66. The van der Waals surface area contributed by atoms with E-state index in [1.165, 1.54) is 6.08 Å². The number of amides is 1. The molecule has 0 aliphatic rings. The van der Waals surface area contributed by atoms with Crippen molar-refractivity contribution in [2.24, 2.45) is 7.05 Å². The molecule has 5 heteroatoms. The maximum Gasteiger partial charge on any atom is 0.244 e. The lowest BCUT2D eigenvalue weighted by atomic mass is 10.3. The molecule has 0 radical (unpaired) electrons. The molecule has 0 saturated carbocycles. The zero-order valence-corrected chi connectivity index (χ0v) is 11.2. The highest BCUT2D eigenvalue weighted by molar-refractivity contribution is 5.91. The van der Waals surface area contributed by atoms with Crippen LogP contribution in [0.5, 0.6) is 0 Å². The Bertz CT molecular complexity index is 397. The van der Waals surface area contributed by atoms with E-state index in [1.54, 1.807) is 17.0 Å². The second-order valence-corrected chi connectivity index (χ2v) is 4.34. The fraction of sp³-hybridized carbons (Fsp3) is 0.538. The van der Waals surface area contributed by atoms with Gasteiger partial charge in [0.1, 0.15) is 0 Å². The number of nitrogens with zero attached hydrogens (tertiary/aromatic N) is 2. The highest BCUT2D eigenvalue weighted by Crippen LogP contribution is 1.98. The standard InChI is InChI=1S/C13H21N3O2/c1-11(2)18-8-4-7-14-13(17)6-5-12-9-15-16(3)10-12/h5-6,9-11H,4,7-8H2,1-3H3,(H,14,17)/b6-5+. The smallest absolute Gasteiger partial charge is 0.244 e. The molecule has 0 spiro atoms. The molecule has 0 saturated heterocycles. The molecule has 1 aromatic heterocycles. The van der Waals surface area contributed by atoms with Crippen molar-refractivity contribution in [3.8, 4) is 0 Å². The van der Waals surface area contributed by atoms with Gasteiger partial charge in [0.15, 0.2) is 0 Å². The van der Waals surface area contributed by atoms with Gasteiger partial charge in [-0.3, -0.25) is 9.48 Å². The van der Waals surface area contributed by atoms with Gasteiger partial charge in [-0.2, -0.15) is 5.10 Å². The fourth-order valence-corrected chi connectivity index (χ4v) is 1.36. The molecule has 0 aliphatic carbocycles. The zero-order valence-electron chi connectivity index (χ0n) is 11.2. The van der Waals surface area contributed by atoms with E-state index in [0.29, 0.717) is 13.2 Å². The molecule has 1 heterocycles. The summed E-state index contributed by atoms with van der Waals surface area (Å²) in [5, 5.41) is 6.82.